The molecule has 0 bridgehead atoms. The summed E-state index contributed by atoms with van der Waals surface area (Å²) in [6, 6.07) is 10.8. The number of thiocarbonyl (C=S) groups is 1. The highest BCUT2D eigenvalue weighted by molar-refractivity contribution is 7.80. The van der Waals surface area contributed by atoms with Gasteiger partial charge in [-0.05, 0) is 31.9 Å². The van der Waals surface area contributed by atoms with Crippen molar-refractivity contribution in [3.63, 3.8) is 0 Å². The van der Waals surface area contributed by atoms with Crippen LogP contribution in [0.5, 0.6) is 0 Å². The predicted molar refractivity (Wildman–Crippen MR) is 92.9 cm³/mol. The van der Waals surface area contributed by atoms with Crippen molar-refractivity contribution in [3.8, 4) is 0 Å². The zero-order valence-corrected chi connectivity index (χ0v) is 13.2. The van der Waals surface area contributed by atoms with Crippen molar-refractivity contribution in [2.45, 2.75) is 38.6 Å². The fourth-order valence-corrected chi connectivity index (χ4v) is 3.45. The quantitative estimate of drug-likeness (QED) is 0.875. The molecule has 0 saturated heterocycles. The number of benzene rings is 1. The van der Waals surface area contributed by atoms with E-state index in [4.69, 9.17) is 22.9 Å². The Balaban J connectivity index is 2.13. The summed E-state index contributed by atoms with van der Waals surface area (Å²) in [5.74, 6) is 0.954. The summed E-state index contributed by atoms with van der Waals surface area (Å²) in [6.45, 7) is 3.12. The minimum atomic E-state index is 0.430. The van der Waals surface area contributed by atoms with Gasteiger partial charge in [0.15, 0.2) is 0 Å². The Morgan fingerprint density at radius 3 is 2.71 bits per heavy atom. The second-order valence-corrected chi connectivity index (χ2v) is 6.08. The van der Waals surface area contributed by atoms with Gasteiger partial charge in [0.1, 0.15) is 10.8 Å². The van der Waals surface area contributed by atoms with Gasteiger partial charge in [-0.15, -0.1) is 0 Å². The van der Waals surface area contributed by atoms with Crippen molar-refractivity contribution < 1.29 is 0 Å². The first-order valence-corrected chi connectivity index (χ1v) is 8.07. The maximum absolute atomic E-state index is 5.96. The van der Waals surface area contributed by atoms with Crippen molar-refractivity contribution >= 4 is 33.9 Å². The molecule has 0 amide bonds. The van der Waals surface area contributed by atoms with Gasteiger partial charge in [0.05, 0.1) is 11.1 Å². The first kappa shape index (κ1) is 14.3. The van der Waals surface area contributed by atoms with E-state index >= 15 is 0 Å². The third-order valence-electron chi connectivity index (χ3n) is 4.35. The van der Waals surface area contributed by atoms with Gasteiger partial charge in [-0.25, -0.2) is 4.98 Å². The SMILES string of the molecule is CCN(c1nc2ccccc2cc1C(N)=S)C1CCCC1. The molecule has 1 aromatic carbocycles. The van der Waals surface area contributed by atoms with E-state index in [1.165, 1.54) is 25.7 Å². The number of nitrogens with zero attached hydrogens (tertiary/aromatic N) is 2. The molecule has 110 valence electrons. The average Bonchev–Trinajstić information content (AvgIpc) is 3.01. The van der Waals surface area contributed by atoms with Crippen LogP contribution in [0.1, 0.15) is 38.2 Å². The number of hydrogen-bond donors (Lipinski definition) is 1. The van der Waals surface area contributed by atoms with Crippen LogP contribution in [0.25, 0.3) is 10.9 Å². The molecule has 1 saturated carbocycles. The summed E-state index contributed by atoms with van der Waals surface area (Å²) in [5.41, 5.74) is 7.87. The number of rotatable bonds is 4. The van der Waals surface area contributed by atoms with Gasteiger partial charge < -0.3 is 10.6 Å². The van der Waals surface area contributed by atoms with E-state index < -0.39 is 0 Å². The molecule has 0 spiro atoms. The van der Waals surface area contributed by atoms with Gasteiger partial charge in [-0.3, -0.25) is 0 Å². The third kappa shape index (κ3) is 2.72. The Hall–Kier alpha value is -1.68. The Bertz CT molecular complexity index is 662. The molecular formula is C17H21N3S. The van der Waals surface area contributed by atoms with Crippen LogP contribution in [-0.4, -0.2) is 22.6 Å². The van der Waals surface area contributed by atoms with E-state index in [1.807, 2.05) is 18.2 Å². The van der Waals surface area contributed by atoms with Crippen LogP contribution in [0.4, 0.5) is 5.82 Å². The van der Waals surface area contributed by atoms with E-state index in [2.05, 4.69) is 24.0 Å². The molecule has 1 fully saturated rings. The molecule has 0 atom stereocenters. The van der Waals surface area contributed by atoms with Crippen LogP contribution in [0.3, 0.4) is 0 Å². The first-order chi connectivity index (χ1) is 10.2. The zero-order chi connectivity index (χ0) is 14.8. The maximum atomic E-state index is 5.96. The molecule has 0 radical (unpaired) electrons. The molecule has 3 nitrogen and oxygen atoms in total. The Morgan fingerprint density at radius 1 is 1.33 bits per heavy atom. The highest BCUT2D eigenvalue weighted by Crippen LogP contribution is 2.30. The van der Waals surface area contributed by atoms with Crippen molar-refractivity contribution in [2.75, 3.05) is 11.4 Å². The Morgan fingerprint density at radius 2 is 2.05 bits per heavy atom. The number of aromatic nitrogens is 1. The second kappa shape index (κ2) is 5.98. The highest BCUT2D eigenvalue weighted by atomic mass is 32.1. The second-order valence-electron chi connectivity index (χ2n) is 5.64. The summed E-state index contributed by atoms with van der Waals surface area (Å²) in [6.07, 6.45) is 5.08. The van der Waals surface area contributed by atoms with Crippen LogP contribution in [0.2, 0.25) is 0 Å². The van der Waals surface area contributed by atoms with Crippen LogP contribution in [0.15, 0.2) is 30.3 Å². The molecule has 3 rings (SSSR count). The van der Waals surface area contributed by atoms with Crippen molar-refractivity contribution in [3.05, 3.63) is 35.9 Å². The molecule has 2 N–H and O–H groups in total. The van der Waals surface area contributed by atoms with Crippen LogP contribution in [-0.2, 0) is 0 Å². The number of hydrogen-bond acceptors (Lipinski definition) is 3. The Labute approximate surface area is 131 Å². The minimum absolute atomic E-state index is 0.430. The number of anilines is 1. The number of para-hydroxylation sites is 1. The molecule has 1 aliphatic carbocycles. The molecule has 2 aromatic rings. The lowest BCUT2D eigenvalue weighted by Crippen LogP contribution is -2.35. The lowest BCUT2D eigenvalue weighted by Gasteiger charge is -2.30. The Kier molecular flexibility index (Phi) is 4.06. The largest absolute Gasteiger partial charge is 0.389 e. The maximum Gasteiger partial charge on any atom is 0.139 e. The standard InChI is InChI=1S/C17H21N3S/c1-2-20(13-8-4-5-9-13)17-14(16(18)21)11-12-7-3-6-10-15(12)19-17/h3,6-7,10-11,13H,2,4-5,8-9H2,1H3,(H2,18,21). The highest BCUT2D eigenvalue weighted by Gasteiger charge is 2.25. The monoisotopic (exact) mass is 299 g/mol. The van der Waals surface area contributed by atoms with Crippen LogP contribution >= 0.6 is 12.2 Å². The normalized spacial score (nSPS) is 15.5. The lowest BCUT2D eigenvalue weighted by molar-refractivity contribution is 0.614. The van der Waals surface area contributed by atoms with Crippen molar-refractivity contribution in [1.29, 1.82) is 0 Å². The smallest absolute Gasteiger partial charge is 0.139 e. The van der Waals surface area contributed by atoms with Gasteiger partial charge in [0, 0.05) is 18.0 Å². The van der Waals surface area contributed by atoms with Crippen molar-refractivity contribution in [1.82, 2.24) is 4.98 Å². The molecule has 1 aliphatic rings. The topological polar surface area (TPSA) is 42.2 Å². The van der Waals surface area contributed by atoms with E-state index in [9.17, 15) is 0 Å². The molecule has 1 aromatic heterocycles. The predicted octanol–water partition coefficient (Wildman–Crippen LogP) is 3.64. The molecular weight excluding hydrogens is 278 g/mol. The van der Waals surface area contributed by atoms with Crippen LogP contribution in [0, 0.1) is 0 Å². The number of nitrogens with two attached hydrogens (primary N) is 1. The third-order valence-corrected chi connectivity index (χ3v) is 4.57. The van der Waals surface area contributed by atoms with Gasteiger partial charge >= 0.3 is 0 Å². The summed E-state index contributed by atoms with van der Waals surface area (Å²) >= 11 is 5.27. The summed E-state index contributed by atoms with van der Waals surface area (Å²) in [4.78, 5) is 7.68. The van der Waals surface area contributed by atoms with Gasteiger partial charge in [0.25, 0.3) is 0 Å². The molecule has 21 heavy (non-hydrogen) atoms. The molecule has 1 heterocycles. The molecule has 4 heteroatoms. The van der Waals surface area contributed by atoms with E-state index in [0.717, 1.165) is 28.8 Å². The number of pyridine rings is 1. The fourth-order valence-electron chi connectivity index (χ4n) is 3.30. The molecule has 0 unspecified atom stereocenters. The summed E-state index contributed by atoms with van der Waals surface area (Å²) in [5, 5.41) is 1.09. The lowest BCUT2D eigenvalue weighted by atomic mass is 10.1. The van der Waals surface area contributed by atoms with E-state index in [0.29, 0.717) is 11.0 Å². The average molecular weight is 299 g/mol. The van der Waals surface area contributed by atoms with E-state index in [-0.39, 0.29) is 0 Å². The van der Waals surface area contributed by atoms with E-state index in [1.54, 1.807) is 0 Å². The zero-order valence-electron chi connectivity index (χ0n) is 12.4. The molecule has 0 aliphatic heterocycles. The van der Waals surface area contributed by atoms with Gasteiger partial charge in [-0.2, -0.15) is 0 Å². The van der Waals surface area contributed by atoms with Gasteiger partial charge in [-0.1, -0.05) is 43.3 Å². The van der Waals surface area contributed by atoms with Crippen molar-refractivity contribution in [2.24, 2.45) is 5.73 Å². The summed E-state index contributed by atoms with van der Waals surface area (Å²) in [7, 11) is 0. The number of fused-ring (bicyclic) bond motifs is 1. The van der Waals surface area contributed by atoms with Gasteiger partial charge in [0.2, 0.25) is 0 Å². The summed E-state index contributed by atoms with van der Waals surface area (Å²) < 4.78 is 0. The fraction of sp³-hybridized carbons (Fsp3) is 0.412. The van der Waals surface area contributed by atoms with Crippen LogP contribution < -0.4 is 10.6 Å². The minimum Gasteiger partial charge on any atom is -0.389 e. The first-order valence-electron chi connectivity index (χ1n) is 7.67.